The maximum Gasteiger partial charge on any atom is 0.210 e. The molecule has 0 radical (unpaired) electrons. The molecule has 2 aromatic rings. The Morgan fingerprint density at radius 3 is 1.65 bits per heavy atom. The summed E-state index contributed by atoms with van der Waals surface area (Å²) in [6, 6.07) is 18.1. The predicted molar refractivity (Wildman–Crippen MR) is 128 cm³/mol. The monoisotopic (exact) mass is 422 g/mol. The second kappa shape index (κ2) is 9.94. The molecule has 2 aromatic carbocycles. The first-order chi connectivity index (χ1) is 14.8. The molecule has 31 heavy (non-hydrogen) atoms. The molecule has 0 aliphatic carbocycles. The number of carbonyl (C=O) groups excluding carboxylic acids is 1. The van der Waals surface area contributed by atoms with Crippen molar-refractivity contribution in [3.8, 4) is 0 Å². The second-order valence-electron chi connectivity index (χ2n) is 9.59. The number of hydrogen-bond donors (Lipinski definition) is 0. The molecule has 168 valence electrons. The van der Waals surface area contributed by atoms with E-state index in [1.54, 1.807) is 0 Å². The van der Waals surface area contributed by atoms with Crippen LogP contribution in [0.4, 0.5) is 0 Å². The molecule has 0 aromatic heterocycles. The van der Waals surface area contributed by atoms with Crippen molar-refractivity contribution in [2.75, 3.05) is 47.8 Å². The predicted octanol–water partition coefficient (Wildman–Crippen LogP) is 3.24. The zero-order valence-electron chi connectivity index (χ0n) is 20.0. The van der Waals surface area contributed by atoms with Gasteiger partial charge in [0.15, 0.2) is 0 Å². The number of nitrogens with zero attached hydrogens (tertiary/aromatic N) is 4. The van der Waals surface area contributed by atoms with Gasteiger partial charge >= 0.3 is 0 Å². The van der Waals surface area contributed by atoms with Crippen molar-refractivity contribution in [3.05, 3.63) is 70.8 Å². The van der Waals surface area contributed by atoms with Crippen LogP contribution in [0, 0.1) is 0 Å². The molecule has 0 N–H and O–H groups in total. The zero-order valence-corrected chi connectivity index (χ0v) is 20.0. The van der Waals surface area contributed by atoms with E-state index in [4.69, 9.17) is 0 Å². The number of benzene rings is 2. The Labute approximate surface area is 188 Å². The van der Waals surface area contributed by atoms with E-state index in [1.807, 2.05) is 4.90 Å². The Kier molecular flexibility index (Phi) is 7.52. The molecule has 1 amide bonds. The molecule has 5 heteroatoms. The van der Waals surface area contributed by atoms with Gasteiger partial charge in [0.05, 0.1) is 0 Å². The Hall–Kier alpha value is -2.21. The van der Waals surface area contributed by atoms with Gasteiger partial charge in [-0.3, -0.25) is 9.69 Å². The summed E-state index contributed by atoms with van der Waals surface area (Å²) in [6.45, 7) is 8.70. The molecule has 1 aliphatic rings. The lowest BCUT2D eigenvalue weighted by atomic mass is 9.78. The normalized spacial score (nSPS) is 17.0. The van der Waals surface area contributed by atoms with Crippen LogP contribution in [0.1, 0.15) is 36.1 Å². The van der Waals surface area contributed by atoms with E-state index in [1.165, 1.54) is 22.3 Å². The van der Waals surface area contributed by atoms with E-state index in [9.17, 15) is 4.79 Å². The van der Waals surface area contributed by atoms with E-state index in [0.29, 0.717) is 6.04 Å². The SMILES string of the molecule is CC(C)N1CCN(C=O)C(c2ccc(CN(C)C)cc2)(c2ccc(CN(C)C)cc2)C1. The smallest absolute Gasteiger partial charge is 0.210 e. The molecule has 0 spiro atoms. The van der Waals surface area contributed by atoms with Crippen molar-refractivity contribution in [3.63, 3.8) is 0 Å². The summed E-state index contributed by atoms with van der Waals surface area (Å²) in [5.41, 5.74) is 4.41. The van der Waals surface area contributed by atoms with Crippen LogP contribution in [-0.4, -0.2) is 79.9 Å². The fraction of sp³-hybridized carbons (Fsp3) is 0.500. The Balaban J connectivity index is 2.09. The minimum atomic E-state index is -0.489. The molecule has 1 aliphatic heterocycles. The maximum absolute atomic E-state index is 12.3. The minimum Gasteiger partial charge on any atom is -0.329 e. The highest BCUT2D eigenvalue weighted by Gasteiger charge is 2.44. The van der Waals surface area contributed by atoms with Crippen molar-refractivity contribution in [2.24, 2.45) is 0 Å². The van der Waals surface area contributed by atoms with Gasteiger partial charge in [0.2, 0.25) is 6.41 Å². The van der Waals surface area contributed by atoms with E-state index in [0.717, 1.165) is 39.1 Å². The van der Waals surface area contributed by atoms with Crippen molar-refractivity contribution < 1.29 is 4.79 Å². The summed E-state index contributed by atoms with van der Waals surface area (Å²) < 4.78 is 0. The average Bonchev–Trinajstić information content (AvgIpc) is 2.73. The number of amides is 1. The molecule has 0 saturated carbocycles. The molecule has 1 saturated heterocycles. The molecule has 0 atom stereocenters. The van der Waals surface area contributed by atoms with Gasteiger partial charge in [-0.1, -0.05) is 48.5 Å². The number of carbonyl (C=O) groups is 1. The van der Waals surface area contributed by atoms with Gasteiger partial charge < -0.3 is 14.7 Å². The first-order valence-corrected chi connectivity index (χ1v) is 11.2. The molecule has 0 unspecified atom stereocenters. The van der Waals surface area contributed by atoms with Crippen LogP contribution in [0.15, 0.2) is 48.5 Å². The van der Waals surface area contributed by atoms with Crippen molar-refractivity contribution in [2.45, 2.75) is 38.5 Å². The summed E-state index contributed by atoms with van der Waals surface area (Å²) in [4.78, 5) is 21.2. The minimum absolute atomic E-state index is 0.425. The third-order valence-electron chi connectivity index (χ3n) is 6.27. The van der Waals surface area contributed by atoms with E-state index in [-0.39, 0.29) is 0 Å². The van der Waals surface area contributed by atoms with Crippen molar-refractivity contribution >= 4 is 6.41 Å². The van der Waals surface area contributed by atoms with Gasteiger partial charge in [-0.2, -0.15) is 0 Å². The second-order valence-corrected chi connectivity index (χ2v) is 9.59. The Bertz CT molecular complexity index is 789. The van der Waals surface area contributed by atoms with Crippen LogP contribution in [-0.2, 0) is 23.4 Å². The lowest BCUT2D eigenvalue weighted by Gasteiger charge is -2.51. The van der Waals surface area contributed by atoms with Crippen LogP contribution in [0.2, 0.25) is 0 Å². The lowest BCUT2D eigenvalue weighted by molar-refractivity contribution is -0.127. The first kappa shape index (κ1) is 23.5. The third kappa shape index (κ3) is 5.17. The topological polar surface area (TPSA) is 30.0 Å². The zero-order chi connectivity index (χ0) is 22.6. The van der Waals surface area contributed by atoms with E-state index < -0.39 is 5.54 Å². The van der Waals surface area contributed by atoms with E-state index in [2.05, 4.69) is 105 Å². The molecule has 3 rings (SSSR count). The summed E-state index contributed by atoms with van der Waals surface area (Å²) >= 11 is 0. The molecule has 1 fully saturated rings. The van der Waals surface area contributed by atoms with Gasteiger partial charge in [-0.15, -0.1) is 0 Å². The highest BCUT2D eigenvalue weighted by molar-refractivity contribution is 5.56. The molecular formula is C26H38N4O. The lowest BCUT2D eigenvalue weighted by Crippen LogP contribution is -2.61. The van der Waals surface area contributed by atoms with Crippen LogP contribution >= 0.6 is 0 Å². The van der Waals surface area contributed by atoms with Gasteiger partial charge in [0.1, 0.15) is 5.54 Å². The first-order valence-electron chi connectivity index (χ1n) is 11.2. The number of hydrogen-bond acceptors (Lipinski definition) is 4. The fourth-order valence-corrected chi connectivity index (χ4v) is 4.66. The Morgan fingerprint density at radius 1 is 0.839 bits per heavy atom. The van der Waals surface area contributed by atoms with Gasteiger partial charge in [0.25, 0.3) is 0 Å². The maximum atomic E-state index is 12.3. The standard InChI is InChI=1S/C26H38N4O/c1-21(2)29-15-16-30(20-31)26(19-29,24-11-7-22(8-12-24)17-27(3)4)25-13-9-23(10-14-25)18-28(5)6/h7-14,20-21H,15-19H2,1-6H3. The van der Waals surface area contributed by atoms with Crippen molar-refractivity contribution in [1.29, 1.82) is 0 Å². The summed E-state index contributed by atoms with van der Waals surface area (Å²) in [5.74, 6) is 0. The summed E-state index contributed by atoms with van der Waals surface area (Å²) in [7, 11) is 8.34. The van der Waals surface area contributed by atoms with Gasteiger partial charge in [0, 0.05) is 38.8 Å². The fourth-order valence-electron chi connectivity index (χ4n) is 4.66. The van der Waals surface area contributed by atoms with Crippen LogP contribution in [0.25, 0.3) is 0 Å². The number of piperazine rings is 1. The van der Waals surface area contributed by atoms with E-state index >= 15 is 0 Å². The number of rotatable bonds is 8. The van der Waals surface area contributed by atoms with Gasteiger partial charge in [-0.05, 0) is 64.3 Å². The Morgan fingerprint density at radius 2 is 1.29 bits per heavy atom. The molecule has 0 bridgehead atoms. The summed E-state index contributed by atoms with van der Waals surface area (Å²) in [5, 5.41) is 0. The summed E-state index contributed by atoms with van der Waals surface area (Å²) in [6.07, 6.45) is 1.04. The molecule has 5 nitrogen and oxygen atoms in total. The van der Waals surface area contributed by atoms with Crippen molar-refractivity contribution in [1.82, 2.24) is 19.6 Å². The quantitative estimate of drug-likeness (QED) is 0.611. The largest absolute Gasteiger partial charge is 0.329 e. The van der Waals surface area contributed by atoms with Crippen LogP contribution in [0.5, 0.6) is 0 Å². The highest BCUT2D eigenvalue weighted by Crippen LogP contribution is 2.39. The van der Waals surface area contributed by atoms with Crippen LogP contribution in [0.3, 0.4) is 0 Å². The third-order valence-corrected chi connectivity index (χ3v) is 6.27. The average molecular weight is 423 g/mol. The van der Waals surface area contributed by atoms with Gasteiger partial charge in [-0.25, -0.2) is 0 Å². The molecular weight excluding hydrogens is 384 g/mol. The highest BCUT2D eigenvalue weighted by atomic mass is 16.1. The van der Waals surface area contributed by atoms with Crippen LogP contribution < -0.4 is 0 Å². The molecule has 1 heterocycles.